The number of aryl methyl sites for hydroxylation is 1. The second-order valence-corrected chi connectivity index (χ2v) is 2.68. The Hall–Kier alpha value is -0.900. The van der Waals surface area contributed by atoms with Gasteiger partial charge in [0.1, 0.15) is 6.54 Å². The number of aromatic carboxylic acids is 1. The number of carboxylic acids is 1. The number of nitrogens with zero attached hydrogens (tertiary/aromatic N) is 1. The van der Waals surface area contributed by atoms with Crippen molar-refractivity contribution in [2.75, 3.05) is 0 Å². The highest BCUT2D eigenvalue weighted by Gasteiger charge is 2.09. The SMILES string of the molecule is CC[n+]1ccsc1C(=O)[O-]. The van der Waals surface area contributed by atoms with Gasteiger partial charge in [-0.25, -0.2) is 0 Å². The van der Waals surface area contributed by atoms with E-state index in [2.05, 4.69) is 0 Å². The number of carbonyl (C=O) groups is 1. The third kappa shape index (κ3) is 1.16. The van der Waals surface area contributed by atoms with Crippen LogP contribution in [0.5, 0.6) is 0 Å². The molecule has 0 saturated heterocycles. The summed E-state index contributed by atoms with van der Waals surface area (Å²) in [5.41, 5.74) is 0. The van der Waals surface area contributed by atoms with Crippen LogP contribution in [-0.4, -0.2) is 5.97 Å². The summed E-state index contributed by atoms with van der Waals surface area (Å²) in [6, 6.07) is 0. The third-order valence-corrected chi connectivity index (χ3v) is 2.08. The molecule has 54 valence electrons. The van der Waals surface area contributed by atoms with Crippen molar-refractivity contribution in [3.05, 3.63) is 16.6 Å². The van der Waals surface area contributed by atoms with Gasteiger partial charge >= 0.3 is 0 Å². The number of hydrogen-bond acceptors (Lipinski definition) is 3. The predicted octanol–water partition coefficient (Wildman–Crippen LogP) is -0.581. The topological polar surface area (TPSA) is 44.0 Å². The van der Waals surface area contributed by atoms with Crippen molar-refractivity contribution < 1.29 is 14.5 Å². The van der Waals surface area contributed by atoms with Crippen LogP contribution in [0.4, 0.5) is 0 Å². The summed E-state index contributed by atoms with van der Waals surface area (Å²) in [7, 11) is 0. The molecule has 0 radical (unpaired) electrons. The van der Waals surface area contributed by atoms with E-state index in [1.54, 1.807) is 16.1 Å². The van der Waals surface area contributed by atoms with Gasteiger partial charge in [-0.1, -0.05) is 11.3 Å². The molecule has 0 amide bonds. The largest absolute Gasteiger partial charge is 0.539 e. The Morgan fingerprint density at radius 1 is 1.90 bits per heavy atom. The lowest BCUT2D eigenvalue weighted by atomic mass is 10.6. The third-order valence-electron chi connectivity index (χ3n) is 1.20. The fourth-order valence-electron chi connectivity index (χ4n) is 0.718. The van der Waals surface area contributed by atoms with Gasteiger partial charge in [-0.3, -0.25) is 0 Å². The molecular weight excluding hydrogens is 150 g/mol. The normalized spacial score (nSPS) is 9.70. The van der Waals surface area contributed by atoms with Crippen molar-refractivity contribution in [1.29, 1.82) is 0 Å². The van der Waals surface area contributed by atoms with Gasteiger partial charge in [-0.05, 0) is 6.92 Å². The Labute approximate surface area is 62.6 Å². The maximum Gasteiger partial charge on any atom is 0.284 e. The molecule has 0 spiro atoms. The molecule has 3 nitrogen and oxygen atoms in total. The summed E-state index contributed by atoms with van der Waals surface area (Å²) in [5.74, 6) is -1.10. The van der Waals surface area contributed by atoms with Gasteiger partial charge in [0.15, 0.2) is 12.2 Å². The highest BCUT2D eigenvalue weighted by atomic mass is 32.1. The molecule has 0 aliphatic heterocycles. The second kappa shape index (κ2) is 2.79. The van der Waals surface area contributed by atoms with E-state index in [9.17, 15) is 9.90 Å². The highest BCUT2D eigenvalue weighted by molar-refractivity contribution is 7.11. The Morgan fingerprint density at radius 2 is 2.60 bits per heavy atom. The Bertz CT molecular complexity index is 244. The van der Waals surface area contributed by atoms with E-state index in [1.165, 1.54) is 11.3 Å². The van der Waals surface area contributed by atoms with Crippen molar-refractivity contribution in [2.45, 2.75) is 13.5 Å². The number of thiazole rings is 1. The first-order chi connectivity index (χ1) is 4.75. The van der Waals surface area contributed by atoms with E-state index in [0.717, 1.165) is 0 Å². The van der Waals surface area contributed by atoms with Crippen molar-refractivity contribution in [3.8, 4) is 0 Å². The van der Waals surface area contributed by atoms with E-state index < -0.39 is 5.97 Å². The van der Waals surface area contributed by atoms with Crippen molar-refractivity contribution >= 4 is 17.3 Å². The molecule has 0 N–H and O–H groups in total. The van der Waals surface area contributed by atoms with Gasteiger partial charge < -0.3 is 9.90 Å². The zero-order valence-electron chi connectivity index (χ0n) is 5.53. The zero-order chi connectivity index (χ0) is 7.56. The van der Waals surface area contributed by atoms with Crippen LogP contribution in [0.2, 0.25) is 0 Å². The molecule has 4 heteroatoms. The van der Waals surface area contributed by atoms with Crippen molar-refractivity contribution in [3.63, 3.8) is 0 Å². The molecule has 1 heterocycles. The van der Waals surface area contributed by atoms with Crippen LogP contribution in [0.3, 0.4) is 0 Å². The van der Waals surface area contributed by atoms with E-state index >= 15 is 0 Å². The summed E-state index contributed by atoms with van der Waals surface area (Å²) in [6.45, 7) is 2.56. The molecule has 0 aliphatic rings. The number of carboxylic acid groups (broad SMARTS) is 1. The average molecular weight is 157 g/mol. The van der Waals surface area contributed by atoms with Crippen LogP contribution in [-0.2, 0) is 6.54 Å². The number of hydrogen-bond donors (Lipinski definition) is 0. The smallest absolute Gasteiger partial charge is 0.284 e. The molecule has 0 unspecified atom stereocenters. The van der Waals surface area contributed by atoms with Gasteiger partial charge in [0.05, 0.1) is 5.38 Å². The van der Waals surface area contributed by atoms with E-state index in [-0.39, 0.29) is 5.01 Å². The monoisotopic (exact) mass is 157 g/mol. The van der Waals surface area contributed by atoms with Crippen molar-refractivity contribution in [1.82, 2.24) is 0 Å². The molecular formula is C6H7NO2S. The molecule has 1 rings (SSSR count). The molecule has 1 aromatic heterocycles. The van der Waals surface area contributed by atoms with Gasteiger partial charge in [0.25, 0.3) is 5.01 Å². The van der Waals surface area contributed by atoms with Crippen LogP contribution in [0, 0.1) is 0 Å². The molecule has 0 saturated carbocycles. The van der Waals surface area contributed by atoms with Crippen molar-refractivity contribution in [2.24, 2.45) is 0 Å². The minimum atomic E-state index is -1.10. The van der Waals surface area contributed by atoms with Gasteiger partial charge in [0, 0.05) is 0 Å². The summed E-state index contributed by atoms with van der Waals surface area (Å²) >= 11 is 1.18. The minimum Gasteiger partial charge on any atom is -0.539 e. The zero-order valence-corrected chi connectivity index (χ0v) is 6.35. The highest BCUT2D eigenvalue weighted by Crippen LogP contribution is 1.99. The Morgan fingerprint density at radius 3 is 3.00 bits per heavy atom. The number of aromatic nitrogens is 1. The maximum atomic E-state index is 10.3. The number of rotatable bonds is 2. The molecule has 0 bridgehead atoms. The summed E-state index contributed by atoms with van der Waals surface area (Å²) in [5, 5.41) is 12.3. The quantitative estimate of drug-likeness (QED) is 0.539. The molecule has 0 atom stereocenters. The second-order valence-electron chi connectivity index (χ2n) is 1.78. The van der Waals surface area contributed by atoms with Crippen LogP contribution in [0.25, 0.3) is 0 Å². The van der Waals surface area contributed by atoms with E-state index in [0.29, 0.717) is 6.54 Å². The first-order valence-corrected chi connectivity index (χ1v) is 3.82. The van der Waals surface area contributed by atoms with Gasteiger partial charge in [-0.15, -0.1) is 0 Å². The summed E-state index contributed by atoms with van der Waals surface area (Å²) in [4.78, 5) is 10.3. The van der Waals surface area contributed by atoms with Gasteiger partial charge in [-0.2, -0.15) is 4.57 Å². The first kappa shape index (κ1) is 7.21. The summed E-state index contributed by atoms with van der Waals surface area (Å²) in [6.07, 6.45) is 1.73. The van der Waals surface area contributed by atoms with Gasteiger partial charge in [0.2, 0.25) is 0 Å². The van der Waals surface area contributed by atoms with Crippen LogP contribution in [0.15, 0.2) is 11.6 Å². The lowest BCUT2D eigenvalue weighted by Gasteiger charge is -1.93. The molecule has 0 fully saturated rings. The van der Waals surface area contributed by atoms with Crippen LogP contribution in [0.1, 0.15) is 16.7 Å². The number of carbonyl (C=O) groups excluding carboxylic acids is 1. The average Bonchev–Trinajstić information content (AvgIpc) is 2.33. The first-order valence-electron chi connectivity index (χ1n) is 2.94. The predicted molar refractivity (Wildman–Crippen MR) is 34.5 cm³/mol. The van der Waals surface area contributed by atoms with E-state index in [4.69, 9.17) is 0 Å². The lowest BCUT2D eigenvalue weighted by Crippen LogP contribution is -2.40. The fraction of sp³-hybridized carbons (Fsp3) is 0.333. The van der Waals surface area contributed by atoms with Crippen LogP contribution < -0.4 is 9.67 Å². The Balaban J connectivity index is 3.01. The van der Waals surface area contributed by atoms with Crippen LogP contribution >= 0.6 is 11.3 Å². The standard InChI is InChI=1S/C6H7NO2S/c1-2-7-3-4-10-5(7)6(8)9/h3-4H,2H2,1H3. The Kier molecular flexibility index (Phi) is 2.01. The minimum absolute atomic E-state index is 0.280. The molecule has 0 aromatic carbocycles. The molecule has 10 heavy (non-hydrogen) atoms. The molecule has 1 aromatic rings. The fourth-order valence-corrected chi connectivity index (χ4v) is 1.48. The summed E-state index contributed by atoms with van der Waals surface area (Å²) < 4.78 is 1.64. The molecule has 0 aliphatic carbocycles. The lowest BCUT2D eigenvalue weighted by molar-refractivity contribution is -0.692. The maximum absolute atomic E-state index is 10.3. The van der Waals surface area contributed by atoms with E-state index in [1.807, 2.05) is 6.92 Å².